The summed E-state index contributed by atoms with van der Waals surface area (Å²) in [6.07, 6.45) is 4.67. The van der Waals surface area contributed by atoms with Gasteiger partial charge in [-0.05, 0) is 41.5 Å². The van der Waals surface area contributed by atoms with Crippen molar-refractivity contribution in [3.05, 3.63) is 106 Å². The van der Waals surface area contributed by atoms with Crippen LogP contribution in [0.4, 0.5) is 0 Å². The molecule has 0 saturated carbocycles. The van der Waals surface area contributed by atoms with E-state index in [1.54, 1.807) is 48.7 Å². The second-order valence-corrected chi connectivity index (χ2v) is 7.35. The fraction of sp³-hybridized carbons (Fsp3) is 0.0769. The normalized spacial score (nSPS) is 11.1. The molecule has 3 aromatic carbocycles. The number of hydrogen-bond acceptors (Lipinski definition) is 5. The van der Waals surface area contributed by atoms with Gasteiger partial charge in [0.05, 0.1) is 25.1 Å². The lowest BCUT2D eigenvalue weighted by Crippen LogP contribution is -2.14. The molecule has 0 aliphatic heterocycles. The molecule has 0 atom stereocenters. The average molecular weight is 442 g/mol. The minimum absolute atomic E-state index is 0.136. The molecule has 4 rings (SSSR count). The number of rotatable bonds is 7. The van der Waals surface area contributed by atoms with E-state index in [4.69, 9.17) is 4.74 Å². The number of allylic oxidation sites excluding steroid dienone is 1. The van der Waals surface area contributed by atoms with E-state index in [-0.39, 0.29) is 29.6 Å². The molecule has 0 radical (unpaired) electrons. The molecule has 1 aromatic heterocycles. The van der Waals surface area contributed by atoms with Crippen molar-refractivity contribution in [1.29, 1.82) is 0 Å². The van der Waals surface area contributed by atoms with Crippen molar-refractivity contribution >= 4 is 11.9 Å². The minimum atomic E-state index is -0.365. The fourth-order valence-corrected chi connectivity index (χ4v) is 3.49. The molecule has 33 heavy (non-hydrogen) atoms. The number of aromatic hydroxyl groups is 1. The molecule has 0 unspecified atom stereocenters. The molecule has 3 N–H and O–H groups in total. The number of aromatic nitrogens is 2. The van der Waals surface area contributed by atoms with Crippen molar-refractivity contribution in [3.63, 3.8) is 0 Å². The van der Waals surface area contributed by atoms with Gasteiger partial charge in [-0.15, -0.1) is 0 Å². The van der Waals surface area contributed by atoms with Crippen LogP contribution in [0.15, 0.2) is 83.8 Å². The first kappa shape index (κ1) is 21.9. The van der Waals surface area contributed by atoms with Gasteiger partial charge in [0.1, 0.15) is 0 Å². The van der Waals surface area contributed by atoms with Gasteiger partial charge >= 0.3 is 5.69 Å². The van der Waals surface area contributed by atoms with Gasteiger partial charge in [-0.1, -0.05) is 48.5 Å². The van der Waals surface area contributed by atoms with Gasteiger partial charge in [0.2, 0.25) is 0 Å². The largest absolute Gasteiger partial charge is 0.504 e. The molecule has 0 spiro atoms. The van der Waals surface area contributed by atoms with E-state index in [1.807, 2.05) is 30.3 Å². The lowest BCUT2D eigenvalue weighted by molar-refractivity contribution is 0.104. The number of benzene rings is 3. The Hall–Kier alpha value is -4.36. The van der Waals surface area contributed by atoms with Crippen molar-refractivity contribution in [1.82, 2.24) is 9.55 Å². The molecule has 0 bridgehead atoms. The summed E-state index contributed by atoms with van der Waals surface area (Å²) in [4.78, 5) is 28.1. The highest BCUT2D eigenvalue weighted by Gasteiger charge is 2.11. The van der Waals surface area contributed by atoms with Crippen LogP contribution < -0.4 is 10.4 Å². The number of imidazole rings is 1. The topological polar surface area (TPSA) is 105 Å². The second-order valence-electron chi connectivity index (χ2n) is 7.35. The van der Waals surface area contributed by atoms with Crippen molar-refractivity contribution in [3.8, 4) is 28.4 Å². The number of aromatic amines is 1. The SMILES string of the molecule is COc1cc(C=CC(=O)c2cccc(-n3cc(-c4ccccc4)[nH]c3=O)c2)cc(CO)c1O. The van der Waals surface area contributed by atoms with Crippen LogP contribution in [0.1, 0.15) is 21.5 Å². The third-order valence-electron chi connectivity index (χ3n) is 5.21. The number of nitrogens with zero attached hydrogens (tertiary/aromatic N) is 1. The maximum absolute atomic E-state index is 12.8. The van der Waals surface area contributed by atoms with Gasteiger partial charge in [0, 0.05) is 17.3 Å². The maximum Gasteiger partial charge on any atom is 0.330 e. The number of carbonyl (C=O) groups is 1. The van der Waals surface area contributed by atoms with Crippen molar-refractivity contribution < 1.29 is 19.7 Å². The Bertz CT molecular complexity index is 1360. The number of aliphatic hydroxyl groups excluding tert-OH is 1. The highest BCUT2D eigenvalue weighted by Crippen LogP contribution is 2.32. The molecular formula is C26H22N2O5. The lowest BCUT2D eigenvalue weighted by Gasteiger charge is -2.08. The summed E-state index contributed by atoms with van der Waals surface area (Å²) in [5.41, 5.74) is 3.12. The number of nitrogens with one attached hydrogen (secondary N) is 1. The third-order valence-corrected chi connectivity index (χ3v) is 5.21. The molecule has 1 heterocycles. The van der Waals surface area contributed by atoms with E-state index in [0.29, 0.717) is 28.1 Å². The van der Waals surface area contributed by atoms with E-state index >= 15 is 0 Å². The molecule has 0 aliphatic carbocycles. The zero-order chi connectivity index (χ0) is 23.4. The van der Waals surface area contributed by atoms with Crippen molar-refractivity contribution in [2.24, 2.45) is 0 Å². The van der Waals surface area contributed by atoms with Crippen LogP contribution in [-0.4, -0.2) is 32.7 Å². The van der Waals surface area contributed by atoms with Crippen LogP contribution >= 0.6 is 0 Å². The summed E-state index contributed by atoms with van der Waals surface area (Å²) in [5, 5.41) is 19.4. The van der Waals surface area contributed by atoms with Crippen molar-refractivity contribution in [2.75, 3.05) is 7.11 Å². The number of hydrogen-bond donors (Lipinski definition) is 3. The second kappa shape index (κ2) is 9.42. The van der Waals surface area contributed by atoms with Crippen LogP contribution in [0.25, 0.3) is 23.0 Å². The van der Waals surface area contributed by atoms with Gasteiger partial charge in [0.25, 0.3) is 0 Å². The quantitative estimate of drug-likeness (QED) is 0.297. The molecule has 4 aromatic rings. The van der Waals surface area contributed by atoms with Crippen LogP contribution in [0.2, 0.25) is 0 Å². The predicted molar refractivity (Wildman–Crippen MR) is 126 cm³/mol. The van der Waals surface area contributed by atoms with Gasteiger partial charge in [-0.3, -0.25) is 9.36 Å². The van der Waals surface area contributed by atoms with Gasteiger partial charge < -0.3 is 19.9 Å². The highest BCUT2D eigenvalue weighted by molar-refractivity contribution is 6.07. The number of H-pyrrole nitrogens is 1. The number of carbonyl (C=O) groups excluding carboxylic acids is 1. The van der Waals surface area contributed by atoms with Crippen LogP contribution in [0, 0.1) is 0 Å². The Balaban J connectivity index is 1.61. The molecule has 0 amide bonds. The molecule has 0 aliphatic rings. The molecule has 7 nitrogen and oxygen atoms in total. The summed E-state index contributed by atoms with van der Waals surface area (Å²) >= 11 is 0. The summed E-state index contributed by atoms with van der Waals surface area (Å²) in [6, 6.07) is 19.4. The molecular weight excluding hydrogens is 420 g/mol. The van der Waals surface area contributed by atoms with E-state index in [2.05, 4.69) is 4.98 Å². The van der Waals surface area contributed by atoms with Crippen LogP contribution in [0.3, 0.4) is 0 Å². The lowest BCUT2D eigenvalue weighted by atomic mass is 10.1. The summed E-state index contributed by atoms with van der Waals surface area (Å²) in [7, 11) is 1.41. The zero-order valence-electron chi connectivity index (χ0n) is 17.9. The number of aliphatic hydroxyl groups is 1. The van der Waals surface area contributed by atoms with Gasteiger partial charge in [-0.25, -0.2) is 4.79 Å². The summed E-state index contributed by atoms with van der Waals surface area (Å²) in [6.45, 7) is -0.365. The zero-order valence-corrected chi connectivity index (χ0v) is 17.9. The van der Waals surface area contributed by atoms with Gasteiger partial charge in [0.15, 0.2) is 17.3 Å². The van der Waals surface area contributed by atoms with E-state index < -0.39 is 0 Å². The van der Waals surface area contributed by atoms with E-state index in [1.165, 1.54) is 17.8 Å². The standard InChI is InChI=1S/C26H22N2O5/c1-33-24-13-17(12-20(16-29)25(24)31)10-11-23(30)19-8-5-9-21(14-19)28-15-22(27-26(28)32)18-6-3-2-4-7-18/h2-15,29,31H,16H2,1H3,(H,27,32). The monoisotopic (exact) mass is 442 g/mol. The van der Waals surface area contributed by atoms with Crippen molar-refractivity contribution in [2.45, 2.75) is 6.61 Å². The number of ketones is 1. The maximum atomic E-state index is 12.8. The Kier molecular flexibility index (Phi) is 6.24. The van der Waals surface area contributed by atoms with E-state index in [9.17, 15) is 19.8 Å². The Morgan fingerprint density at radius 2 is 1.88 bits per heavy atom. The van der Waals surface area contributed by atoms with E-state index in [0.717, 1.165) is 5.56 Å². The first-order chi connectivity index (χ1) is 16.0. The Morgan fingerprint density at radius 3 is 2.61 bits per heavy atom. The predicted octanol–water partition coefficient (Wildman–Crippen LogP) is 3.94. The molecule has 166 valence electrons. The first-order valence-corrected chi connectivity index (χ1v) is 10.2. The fourth-order valence-electron chi connectivity index (χ4n) is 3.49. The number of ether oxygens (including phenoxy) is 1. The van der Waals surface area contributed by atoms with Gasteiger partial charge in [-0.2, -0.15) is 0 Å². The smallest absolute Gasteiger partial charge is 0.330 e. The van der Waals surface area contributed by atoms with Crippen LogP contribution in [-0.2, 0) is 6.61 Å². The summed E-state index contributed by atoms with van der Waals surface area (Å²) in [5.74, 6) is -0.194. The average Bonchev–Trinajstić information content (AvgIpc) is 3.25. The minimum Gasteiger partial charge on any atom is -0.504 e. The third kappa shape index (κ3) is 4.63. The van der Waals surface area contributed by atoms with Crippen LogP contribution in [0.5, 0.6) is 11.5 Å². The Morgan fingerprint density at radius 1 is 1.09 bits per heavy atom. The number of methoxy groups -OCH3 is 1. The molecule has 0 saturated heterocycles. The molecule has 0 fully saturated rings. The highest BCUT2D eigenvalue weighted by atomic mass is 16.5. The first-order valence-electron chi connectivity index (χ1n) is 10.2. The number of phenols is 1. The Labute approximate surface area is 189 Å². The molecule has 7 heteroatoms. The summed E-state index contributed by atoms with van der Waals surface area (Å²) < 4.78 is 6.57.